The molecule has 0 atom stereocenters. The van der Waals surface area contributed by atoms with E-state index in [4.69, 9.17) is 10.6 Å². The summed E-state index contributed by atoms with van der Waals surface area (Å²) in [5.41, 5.74) is 5.80. The second-order valence-corrected chi connectivity index (χ2v) is 9.66. The lowest BCUT2D eigenvalue weighted by Crippen LogP contribution is -2.28. The van der Waals surface area contributed by atoms with Gasteiger partial charge in [-0.25, -0.2) is 4.68 Å². The maximum absolute atomic E-state index is 12.6. The first-order valence-electron chi connectivity index (χ1n) is 11.0. The molecule has 0 saturated heterocycles. The largest absolute Gasteiger partial charge is 0.485 e. The minimum atomic E-state index is 0.00195. The zero-order valence-corrected chi connectivity index (χ0v) is 21.1. The third kappa shape index (κ3) is 6.28. The Bertz CT molecular complexity index is 1130. The number of carbonyl (C=O) groups excluding carboxylic acids is 1. The Morgan fingerprint density at radius 2 is 1.82 bits per heavy atom. The predicted octanol–water partition coefficient (Wildman–Crippen LogP) is 4.37. The number of nitrogens with two attached hydrogens (primary N) is 1. The van der Waals surface area contributed by atoms with Crippen LogP contribution in [0.15, 0.2) is 41.6 Å². The van der Waals surface area contributed by atoms with E-state index in [-0.39, 0.29) is 18.3 Å². The number of thioether (sulfide) groups is 1. The van der Waals surface area contributed by atoms with Gasteiger partial charge in [0.2, 0.25) is 11.1 Å². The van der Waals surface area contributed by atoms with Gasteiger partial charge in [0.05, 0.1) is 5.75 Å². The molecule has 7 nitrogen and oxygen atoms in total. The molecule has 0 spiro atoms. The Morgan fingerprint density at radius 1 is 1.12 bits per heavy atom. The van der Waals surface area contributed by atoms with E-state index in [1.807, 2.05) is 20.0 Å². The molecule has 1 aromatic heterocycles. The number of aryl methyl sites for hydroxylation is 3. The van der Waals surface area contributed by atoms with Crippen molar-refractivity contribution in [2.75, 3.05) is 18.6 Å². The summed E-state index contributed by atoms with van der Waals surface area (Å²) in [6.45, 7) is 11.2. The Morgan fingerprint density at radius 3 is 2.52 bits per heavy atom. The molecule has 1 heterocycles. The third-order valence-corrected chi connectivity index (χ3v) is 6.47. The van der Waals surface area contributed by atoms with Gasteiger partial charge in [-0.1, -0.05) is 61.5 Å². The van der Waals surface area contributed by atoms with Crippen LogP contribution in [0.25, 0.3) is 0 Å². The minimum Gasteiger partial charge on any atom is -0.485 e. The monoisotopic (exact) mass is 467 g/mol. The molecule has 0 radical (unpaired) electrons. The molecule has 0 aliphatic rings. The van der Waals surface area contributed by atoms with Gasteiger partial charge in [-0.05, 0) is 55.0 Å². The quantitative estimate of drug-likeness (QED) is 0.371. The van der Waals surface area contributed by atoms with Crippen LogP contribution in [-0.2, 0) is 17.9 Å². The van der Waals surface area contributed by atoms with Gasteiger partial charge < -0.3 is 15.5 Å². The molecule has 0 fully saturated rings. The van der Waals surface area contributed by atoms with E-state index in [0.717, 1.165) is 22.4 Å². The normalized spacial score (nSPS) is 11.1. The second kappa shape index (κ2) is 10.7. The number of ether oxygens (including phenoxy) is 1. The van der Waals surface area contributed by atoms with Gasteiger partial charge in [0.15, 0.2) is 5.82 Å². The van der Waals surface area contributed by atoms with Crippen molar-refractivity contribution in [3.05, 3.63) is 70.0 Å². The van der Waals surface area contributed by atoms with E-state index < -0.39 is 0 Å². The Hall–Kier alpha value is -3.00. The molecule has 0 aliphatic carbocycles. The smallest absolute Gasteiger partial charge is 0.233 e. The van der Waals surface area contributed by atoms with Gasteiger partial charge in [0, 0.05) is 13.6 Å². The first-order valence-corrected chi connectivity index (χ1v) is 12.0. The summed E-state index contributed by atoms with van der Waals surface area (Å²) >= 11 is 1.27. The van der Waals surface area contributed by atoms with E-state index in [0.29, 0.717) is 23.4 Å². The molecular weight excluding hydrogens is 434 g/mol. The number of amides is 1. The fourth-order valence-corrected chi connectivity index (χ4v) is 4.31. The summed E-state index contributed by atoms with van der Waals surface area (Å²) in [5.74, 6) is 8.08. The Kier molecular flexibility index (Phi) is 8.02. The first-order chi connectivity index (χ1) is 15.7. The lowest BCUT2D eigenvalue weighted by molar-refractivity contribution is -0.127. The van der Waals surface area contributed by atoms with E-state index >= 15 is 0 Å². The fraction of sp³-hybridized carbons (Fsp3) is 0.400. The standard InChI is InChI=1S/C25H33N5O2S/c1-16(2)21-10-8-18(4)12-22(21)32-14-23-27-28-25(30(23)26)33-15-24(31)29(6)13-20-9-7-17(3)11-19(20)5/h7-12,16H,13-15,26H2,1-6H3. The van der Waals surface area contributed by atoms with Gasteiger partial charge in [-0.15, -0.1) is 10.2 Å². The fourth-order valence-electron chi connectivity index (χ4n) is 3.49. The molecule has 0 unspecified atom stereocenters. The van der Waals surface area contributed by atoms with Crippen LogP contribution in [0.1, 0.15) is 53.4 Å². The van der Waals surface area contributed by atoms with Crippen LogP contribution < -0.4 is 10.6 Å². The zero-order valence-electron chi connectivity index (χ0n) is 20.3. The van der Waals surface area contributed by atoms with Crippen LogP contribution >= 0.6 is 11.8 Å². The highest BCUT2D eigenvalue weighted by Crippen LogP contribution is 2.28. The number of aromatic nitrogens is 3. The van der Waals surface area contributed by atoms with Crippen LogP contribution in [-0.4, -0.2) is 38.5 Å². The maximum atomic E-state index is 12.6. The van der Waals surface area contributed by atoms with Crippen molar-refractivity contribution in [1.29, 1.82) is 0 Å². The average Bonchev–Trinajstić information content (AvgIpc) is 3.11. The van der Waals surface area contributed by atoms with Crippen molar-refractivity contribution in [3.63, 3.8) is 0 Å². The molecule has 2 N–H and O–H groups in total. The molecule has 33 heavy (non-hydrogen) atoms. The highest BCUT2D eigenvalue weighted by atomic mass is 32.2. The van der Waals surface area contributed by atoms with Crippen molar-refractivity contribution in [2.45, 2.75) is 58.8 Å². The van der Waals surface area contributed by atoms with Crippen LogP contribution in [0.4, 0.5) is 0 Å². The third-order valence-electron chi connectivity index (χ3n) is 5.54. The van der Waals surface area contributed by atoms with Crippen molar-refractivity contribution in [3.8, 4) is 5.75 Å². The molecular formula is C25H33N5O2S. The summed E-state index contributed by atoms with van der Waals surface area (Å²) in [6, 6.07) is 12.5. The molecule has 3 rings (SSSR count). The molecule has 1 amide bonds. The van der Waals surface area contributed by atoms with Crippen LogP contribution in [0.3, 0.4) is 0 Å². The number of nitrogens with zero attached hydrogens (tertiary/aromatic N) is 4. The Labute approximate surface area is 200 Å². The van der Waals surface area contributed by atoms with Crippen molar-refractivity contribution < 1.29 is 9.53 Å². The maximum Gasteiger partial charge on any atom is 0.233 e. The van der Waals surface area contributed by atoms with Gasteiger partial charge in [0.1, 0.15) is 12.4 Å². The van der Waals surface area contributed by atoms with Crippen molar-refractivity contribution in [2.24, 2.45) is 0 Å². The topological polar surface area (TPSA) is 86.3 Å². The molecule has 176 valence electrons. The molecule has 3 aromatic rings. The van der Waals surface area contributed by atoms with Crippen LogP contribution in [0.2, 0.25) is 0 Å². The number of nitrogen functional groups attached to an aromatic ring is 1. The SMILES string of the molecule is Cc1ccc(CN(C)C(=O)CSc2nnc(COc3cc(C)ccc3C(C)C)n2N)c(C)c1. The minimum absolute atomic E-state index is 0.00195. The zero-order chi connectivity index (χ0) is 24.1. The second-order valence-electron chi connectivity index (χ2n) is 8.72. The van der Waals surface area contributed by atoms with E-state index in [1.54, 1.807) is 4.90 Å². The molecule has 8 heteroatoms. The van der Waals surface area contributed by atoms with Crippen LogP contribution in [0.5, 0.6) is 5.75 Å². The van der Waals surface area contributed by atoms with E-state index in [9.17, 15) is 4.79 Å². The van der Waals surface area contributed by atoms with E-state index in [2.05, 4.69) is 68.2 Å². The number of hydrogen-bond acceptors (Lipinski definition) is 6. The highest BCUT2D eigenvalue weighted by molar-refractivity contribution is 7.99. The van der Waals surface area contributed by atoms with Gasteiger partial charge in [0.25, 0.3) is 0 Å². The first kappa shape index (κ1) is 24.6. The molecule has 0 aliphatic heterocycles. The molecule has 2 aromatic carbocycles. The number of carbonyl (C=O) groups is 1. The summed E-state index contributed by atoms with van der Waals surface area (Å²) in [6.07, 6.45) is 0. The van der Waals surface area contributed by atoms with Crippen molar-refractivity contribution >= 4 is 17.7 Å². The highest BCUT2D eigenvalue weighted by Gasteiger charge is 2.16. The van der Waals surface area contributed by atoms with E-state index in [1.165, 1.54) is 27.6 Å². The summed E-state index contributed by atoms with van der Waals surface area (Å²) in [4.78, 5) is 14.4. The molecule has 0 bridgehead atoms. The van der Waals surface area contributed by atoms with Gasteiger partial charge in [-0.2, -0.15) is 0 Å². The number of rotatable bonds is 9. The predicted molar refractivity (Wildman–Crippen MR) is 133 cm³/mol. The van der Waals surface area contributed by atoms with Gasteiger partial charge >= 0.3 is 0 Å². The summed E-state index contributed by atoms with van der Waals surface area (Å²) in [5, 5.41) is 8.78. The summed E-state index contributed by atoms with van der Waals surface area (Å²) < 4.78 is 7.42. The van der Waals surface area contributed by atoms with Crippen molar-refractivity contribution in [1.82, 2.24) is 19.8 Å². The average molecular weight is 468 g/mol. The summed E-state index contributed by atoms with van der Waals surface area (Å²) in [7, 11) is 1.81. The van der Waals surface area contributed by atoms with Gasteiger partial charge in [-0.3, -0.25) is 4.79 Å². The number of hydrogen-bond donors (Lipinski definition) is 1. The Balaban J connectivity index is 1.58. The number of benzene rings is 2. The molecule has 0 saturated carbocycles. The lowest BCUT2D eigenvalue weighted by Gasteiger charge is -2.18. The lowest BCUT2D eigenvalue weighted by atomic mass is 10.0. The van der Waals surface area contributed by atoms with Crippen LogP contribution in [0, 0.1) is 20.8 Å².